The van der Waals surface area contributed by atoms with Crippen LogP contribution >= 0.6 is 0 Å². The van der Waals surface area contributed by atoms with E-state index in [0.717, 1.165) is 24.2 Å². The molecule has 1 unspecified atom stereocenters. The minimum absolute atomic E-state index is 0.137. The Morgan fingerprint density at radius 1 is 1.37 bits per heavy atom. The molecule has 1 saturated carbocycles. The molecule has 0 heterocycles. The van der Waals surface area contributed by atoms with Crippen LogP contribution in [0.25, 0.3) is 0 Å². The molecule has 1 fully saturated rings. The zero-order valence-corrected chi connectivity index (χ0v) is 11.6. The van der Waals surface area contributed by atoms with E-state index in [1.807, 2.05) is 26.0 Å². The van der Waals surface area contributed by atoms with Crippen molar-refractivity contribution in [1.82, 2.24) is 5.32 Å². The average molecular weight is 265 g/mol. The first-order valence-electron chi connectivity index (χ1n) is 6.79. The number of aliphatic hydroxyl groups is 2. The fraction of sp³-hybridized carbons (Fsp3) is 0.600. The largest absolute Gasteiger partial charge is 0.491 e. The number of β-amino-alcohol motifs (C(OH)–C–C–N with tert-alkyl or cyclic N) is 1. The molecule has 0 radical (unpaired) electrons. The minimum Gasteiger partial charge on any atom is -0.491 e. The number of ether oxygens (including phenoxy) is 1. The van der Waals surface area contributed by atoms with Crippen LogP contribution in [-0.2, 0) is 0 Å². The third-order valence-electron chi connectivity index (χ3n) is 3.63. The SMILES string of the molecule is Cc1ccc(OCC(O)CNC2(CO)CC2)c(C)c1. The van der Waals surface area contributed by atoms with Crippen LogP contribution in [0, 0.1) is 13.8 Å². The summed E-state index contributed by atoms with van der Waals surface area (Å²) >= 11 is 0. The highest BCUT2D eigenvalue weighted by atomic mass is 16.5. The van der Waals surface area contributed by atoms with Crippen molar-refractivity contribution in [1.29, 1.82) is 0 Å². The molecule has 0 saturated heterocycles. The van der Waals surface area contributed by atoms with Gasteiger partial charge in [0.1, 0.15) is 18.5 Å². The van der Waals surface area contributed by atoms with Crippen LogP contribution in [0.15, 0.2) is 18.2 Å². The van der Waals surface area contributed by atoms with E-state index in [2.05, 4.69) is 11.4 Å². The van der Waals surface area contributed by atoms with Crippen molar-refractivity contribution in [2.45, 2.75) is 38.3 Å². The molecule has 4 heteroatoms. The van der Waals surface area contributed by atoms with E-state index in [9.17, 15) is 5.11 Å². The molecule has 106 valence electrons. The van der Waals surface area contributed by atoms with Gasteiger partial charge < -0.3 is 20.3 Å². The van der Waals surface area contributed by atoms with E-state index in [1.54, 1.807) is 0 Å². The molecule has 0 amide bonds. The monoisotopic (exact) mass is 265 g/mol. The number of hydrogen-bond acceptors (Lipinski definition) is 4. The topological polar surface area (TPSA) is 61.7 Å². The number of aliphatic hydroxyl groups excluding tert-OH is 2. The Bertz CT molecular complexity index is 429. The standard InChI is InChI=1S/C15H23NO3/c1-11-3-4-14(12(2)7-11)19-9-13(18)8-16-15(10-17)5-6-15/h3-4,7,13,16-18H,5-6,8-10H2,1-2H3. The van der Waals surface area contributed by atoms with Gasteiger partial charge in [-0.05, 0) is 38.3 Å². The van der Waals surface area contributed by atoms with E-state index < -0.39 is 6.10 Å². The van der Waals surface area contributed by atoms with Gasteiger partial charge >= 0.3 is 0 Å². The molecular formula is C15H23NO3. The molecule has 0 aliphatic heterocycles. The molecule has 0 aromatic heterocycles. The van der Waals surface area contributed by atoms with Gasteiger partial charge in [0.25, 0.3) is 0 Å². The molecule has 4 nitrogen and oxygen atoms in total. The van der Waals surface area contributed by atoms with Gasteiger partial charge in [-0.1, -0.05) is 17.7 Å². The van der Waals surface area contributed by atoms with Crippen molar-refractivity contribution in [3.63, 3.8) is 0 Å². The minimum atomic E-state index is -0.565. The number of benzene rings is 1. The molecule has 1 aromatic carbocycles. The molecule has 3 N–H and O–H groups in total. The summed E-state index contributed by atoms with van der Waals surface area (Å²) in [6, 6.07) is 5.99. The lowest BCUT2D eigenvalue weighted by atomic mass is 10.1. The van der Waals surface area contributed by atoms with Gasteiger partial charge in [0.05, 0.1) is 6.61 Å². The van der Waals surface area contributed by atoms with E-state index in [4.69, 9.17) is 9.84 Å². The summed E-state index contributed by atoms with van der Waals surface area (Å²) in [6.45, 7) is 4.89. The highest BCUT2D eigenvalue weighted by Gasteiger charge is 2.41. The van der Waals surface area contributed by atoms with Crippen molar-refractivity contribution in [3.8, 4) is 5.75 Å². The Labute approximate surface area is 114 Å². The Morgan fingerprint density at radius 3 is 2.68 bits per heavy atom. The third kappa shape index (κ3) is 3.93. The number of rotatable bonds is 7. The number of nitrogens with one attached hydrogen (secondary N) is 1. The van der Waals surface area contributed by atoms with Crippen molar-refractivity contribution in [3.05, 3.63) is 29.3 Å². The van der Waals surface area contributed by atoms with Gasteiger partial charge in [-0.2, -0.15) is 0 Å². The predicted octanol–water partition coefficient (Wildman–Crippen LogP) is 1.16. The maximum Gasteiger partial charge on any atom is 0.122 e. The van der Waals surface area contributed by atoms with Gasteiger partial charge in [-0.25, -0.2) is 0 Å². The summed E-state index contributed by atoms with van der Waals surface area (Å²) in [5.74, 6) is 0.813. The van der Waals surface area contributed by atoms with Crippen LogP contribution in [0.4, 0.5) is 0 Å². The second kappa shape index (κ2) is 5.90. The van der Waals surface area contributed by atoms with Crippen LogP contribution in [0.5, 0.6) is 5.75 Å². The lowest BCUT2D eigenvalue weighted by Crippen LogP contribution is -2.41. The van der Waals surface area contributed by atoms with Gasteiger partial charge in [-0.15, -0.1) is 0 Å². The van der Waals surface area contributed by atoms with Gasteiger partial charge in [-0.3, -0.25) is 0 Å². The van der Waals surface area contributed by atoms with E-state index >= 15 is 0 Å². The Kier molecular flexibility index (Phi) is 4.45. The first-order valence-corrected chi connectivity index (χ1v) is 6.79. The van der Waals surface area contributed by atoms with Crippen LogP contribution < -0.4 is 10.1 Å². The molecule has 2 rings (SSSR count). The van der Waals surface area contributed by atoms with E-state index in [-0.39, 0.29) is 18.8 Å². The molecule has 1 aliphatic rings. The molecule has 1 aromatic rings. The quantitative estimate of drug-likeness (QED) is 0.692. The zero-order chi connectivity index (χ0) is 13.9. The van der Waals surface area contributed by atoms with Gasteiger partial charge in [0, 0.05) is 12.1 Å². The lowest BCUT2D eigenvalue weighted by Gasteiger charge is -2.18. The first-order chi connectivity index (χ1) is 9.04. The van der Waals surface area contributed by atoms with Crippen molar-refractivity contribution in [2.75, 3.05) is 19.8 Å². The van der Waals surface area contributed by atoms with E-state index in [1.165, 1.54) is 5.56 Å². The number of hydrogen-bond donors (Lipinski definition) is 3. The maximum absolute atomic E-state index is 9.87. The Hall–Kier alpha value is -1.10. The van der Waals surface area contributed by atoms with Crippen LogP contribution in [-0.4, -0.2) is 41.6 Å². The normalized spacial score (nSPS) is 18.1. The molecule has 0 spiro atoms. The van der Waals surface area contributed by atoms with Crippen molar-refractivity contribution < 1.29 is 14.9 Å². The fourth-order valence-corrected chi connectivity index (χ4v) is 2.08. The first kappa shape index (κ1) is 14.3. The summed E-state index contributed by atoms with van der Waals surface area (Å²) in [5, 5.41) is 22.2. The van der Waals surface area contributed by atoms with Crippen LogP contribution in [0.1, 0.15) is 24.0 Å². The molecule has 1 aliphatic carbocycles. The Balaban J connectivity index is 1.75. The average Bonchev–Trinajstić information content (AvgIpc) is 3.16. The highest BCUT2D eigenvalue weighted by Crippen LogP contribution is 2.34. The van der Waals surface area contributed by atoms with Gasteiger partial charge in [0.2, 0.25) is 0 Å². The van der Waals surface area contributed by atoms with Crippen molar-refractivity contribution >= 4 is 0 Å². The van der Waals surface area contributed by atoms with Crippen LogP contribution in [0.3, 0.4) is 0 Å². The molecule has 19 heavy (non-hydrogen) atoms. The summed E-state index contributed by atoms with van der Waals surface area (Å²) in [7, 11) is 0. The third-order valence-corrected chi connectivity index (χ3v) is 3.63. The van der Waals surface area contributed by atoms with Crippen LogP contribution in [0.2, 0.25) is 0 Å². The zero-order valence-electron chi connectivity index (χ0n) is 11.6. The fourth-order valence-electron chi connectivity index (χ4n) is 2.08. The predicted molar refractivity (Wildman–Crippen MR) is 74.5 cm³/mol. The molecular weight excluding hydrogens is 242 g/mol. The molecule has 0 bridgehead atoms. The second-order valence-corrected chi connectivity index (χ2v) is 5.55. The second-order valence-electron chi connectivity index (χ2n) is 5.55. The summed E-state index contributed by atoms with van der Waals surface area (Å²) < 4.78 is 5.62. The van der Waals surface area contributed by atoms with Crippen molar-refractivity contribution in [2.24, 2.45) is 0 Å². The molecule has 1 atom stereocenters. The number of aryl methyl sites for hydroxylation is 2. The summed E-state index contributed by atoms with van der Waals surface area (Å²) in [4.78, 5) is 0. The van der Waals surface area contributed by atoms with E-state index in [0.29, 0.717) is 6.54 Å². The maximum atomic E-state index is 9.87. The summed E-state index contributed by atoms with van der Waals surface area (Å²) in [5.41, 5.74) is 2.14. The van der Waals surface area contributed by atoms with Gasteiger partial charge in [0.15, 0.2) is 0 Å². The highest BCUT2D eigenvalue weighted by molar-refractivity contribution is 5.35. The lowest BCUT2D eigenvalue weighted by molar-refractivity contribution is 0.0975. The smallest absolute Gasteiger partial charge is 0.122 e. The summed E-state index contributed by atoms with van der Waals surface area (Å²) in [6.07, 6.45) is 1.40. The Morgan fingerprint density at radius 2 is 2.11 bits per heavy atom.